The third-order valence-electron chi connectivity index (χ3n) is 2.14. The maximum Gasteiger partial charge on any atom is 0.141 e. The molecule has 2 rings (SSSR count). The van der Waals surface area contributed by atoms with Gasteiger partial charge in [-0.3, -0.25) is 0 Å². The van der Waals surface area contributed by atoms with Crippen LogP contribution in [0.1, 0.15) is 11.4 Å². The molecule has 1 aromatic carbocycles. The summed E-state index contributed by atoms with van der Waals surface area (Å²) in [5.41, 5.74) is 0.613. The van der Waals surface area contributed by atoms with Crippen molar-refractivity contribution in [1.82, 2.24) is 9.97 Å². The van der Waals surface area contributed by atoms with Gasteiger partial charge in [-0.15, -0.1) is 0 Å². The molecule has 5 heteroatoms. The number of aromatic nitrogens is 2. The van der Waals surface area contributed by atoms with Crippen LogP contribution in [0.3, 0.4) is 0 Å². The van der Waals surface area contributed by atoms with Crippen LogP contribution in [0, 0.1) is 24.1 Å². The van der Waals surface area contributed by atoms with Gasteiger partial charge in [0, 0.05) is 11.9 Å². The van der Waals surface area contributed by atoms with Crippen LogP contribution in [0.4, 0.5) is 15.9 Å². The summed E-state index contributed by atoms with van der Waals surface area (Å²) >= 11 is 0. The largest absolute Gasteiger partial charge is 0.340 e. The van der Waals surface area contributed by atoms with Gasteiger partial charge in [-0.1, -0.05) is 0 Å². The summed E-state index contributed by atoms with van der Waals surface area (Å²) in [7, 11) is 0. The van der Waals surface area contributed by atoms with E-state index in [4.69, 9.17) is 5.26 Å². The molecule has 0 spiro atoms. The van der Waals surface area contributed by atoms with Gasteiger partial charge < -0.3 is 5.32 Å². The molecule has 0 saturated carbocycles. The Balaban J connectivity index is 2.28. The normalized spacial score (nSPS) is 9.71. The van der Waals surface area contributed by atoms with Crippen molar-refractivity contribution in [3.63, 3.8) is 0 Å². The minimum atomic E-state index is -0.531. The minimum absolute atomic E-state index is 0.000720. The number of halogens is 1. The van der Waals surface area contributed by atoms with Gasteiger partial charge in [-0.05, 0) is 31.2 Å². The van der Waals surface area contributed by atoms with Crippen LogP contribution in [0.5, 0.6) is 0 Å². The summed E-state index contributed by atoms with van der Waals surface area (Å²) in [5, 5.41) is 11.7. The van der Waals surface area contributed by atoms with Gasteiger partial charge in [-0.2, -0.15) is 5.26 Å². The lowest BCUT2D eigenvalue weighted by Crippen LogP contribution is -1.97. The van der Waals surface area contributed by atoms with E-state index in [9.17, 15) is 4.39 Å². The first-order valence-electron chi connectivity index (χ1n) is 4.95. The molecule has 0 fully saturated rings. The van der Waals surface area contributed by atoms with Crippen molar-refractivity contribution < 1.29 is 4.39 Å². The van der Waals surface area contributed by atoms with Crippen LogP contribution in [-0.4, -0.2) is 9.97 Å². The fourth-order valence-electron chi connectivity index (χ4n) is 1.36. The van der Waals surface area contributed by atoms with E-state index in [2.05, 4.69) is 15.3 Å². The number of rotatable bonds is 2. The number of benzene rings is 1. The molecule has 0 aliphatic rings. The highest BCUT2D eigenvalue weighted by Gasteiger charge is 2.03. The highest BCUT2D eigenvalue weighted by Crippen LogP contribution is 2.17. The minimum Gasteiger partial charge on any atom is -0.340 e. The van der Waals surface area contributed by atoms with Crippen LogP contribution in [0.25, 0.3) is 0 Å². The summed E-state index contributed by atoms with van der Waals surface area (Å²) in [4.78, 5) is 8.11. The van der Waals surface area contributed by atoms with Gasteiger partial charge in [0.2, 0.25) is 0 Å². The first-order valence-corrected chi connectivity index (χ1v) is 4.95. The molecule has 0 unspecified atom stereocenters. The van der Waals surface area contributed by atoms with Crippen LogP contribution in [-0.2, 0) is 0 Å². The van der Waals surface area contributed by atoms with Crippen molar-refractivity contribution in [2.24, 2.45) is 0 Å². The Bertz CT molecular complexity index is 589. The molecule has 0 saturated heterocycles. The molecule has 17 heavy (non-hydrogen) atoms. The van der Waals surface area contributed by atoms with E-state index in [1.807, 2.05) is 0 Å². The van der Waals surface area contributed by atoms with E-state index >= 15 is 0 Å². The number of anilines is 2. The van der Waals surface area contributed by atoms with E-state index < -0.39 is 5.82 Å². The lowest BCUT2D eigenvalue weighted by molar-refractivity contribution is 0.624. The van der Waals surface area contributed by atoms with Crippen molar-refractivity contribution in [3.8, 4) is 6.07 Å². The second kappa shape index (κ2) is 4.58. The van der Waals surface area contributed by atoms with Crippen molar-refractivity contribution in [3.05, 3.63) is 47.7 Å². The Morgan fingerprint density at radius 1 is 1.35 bits per heavy atom. The van der Waals surface area contributed by atoms with E-state index in [0.717, 1.165) is 0 Å². The summed E-state index contributed by atoms with van der Waals surface area (Å²) < 4.78 is 13.1. The van der Waals surface area contributed by atoms with Gasteiger partial charge in [0.25, 0.3) is 0 Å². The molecule has 0 bridgehead atoms. The molecule has 0 radical (unpaired) electrons. The second-order valence-corrected chi connectivity index (χ2v) is 3.42. The van der Waals surface area contributed by atoms with Crippen LogP contribution >= 0.6 is 0 Å². The molecular weight excluding hydrogens is 219 g/mol. The number of nitrogens with one attached hydrogen (secondary N) is 1. The zero-order valence-corrected chi connectivity index (χ0v) is 9.11. The molecule has 0 aliphatic carbocycles. The number of aryl methyl sites for hydroxylation is 1. The predicted octanol–water partition coefficient (Wildman–Crippen LogP) is 2.54. The first kappa shape index (κ1) is 11.0. The Kier molecular flexibility index (Phi) is 2.97. The quantitative estimate of drug-likeness (QED) is 0.857. The van der Waals surface area contributed by atoms with Crippen LogP contribution in [0.2, 0.25) is 0 Å². The number of hydrogen-bond donors (Lipinski definition) is 1. The zero-order valence-electron chi connectivity index (χ0n) is 9.11. The topological polar surface area (TPSA) is 61.6 Å². The van der Waals surface area contributed by atoms with Crippen molar-refractivity contribution in [1.29, 1.82) is 5.26 Å². The summed E-state index contributed by atoms with van der Waals surface area (Å²) in [6, 6.07) is 7.71. The van der Waals surface area contributed by atoms with Crippen LogP contribution < -0.4 is 5.32 Å². The lowest BCUT2D eigenvalue weighted by atomic mass is 10.2. The van der Waals surface area contributed by atoms with Gasteiger partial charge in [0.05, 0.1) is 5.56 Å². The molecule has 84 valence electrons. The smallest absolute Gasteiger partial charge is 0.141 e. The average molecular weight is 228 g/mol. The fourth-order valence-corrected chi connectivity index (χ4v) is 1.36. The molecule has 0 amide bonds. The third-order valence-corrected chi connectivity index (χ3v) is 2.14. The fraction of sp³-hybridized carbons (Fsp3) is 0.0833. The maximum atomic E-state index is 13.1. The molecule has 2 aromatic rings. The van der Waals surface area contributed by atoms with Crippen molar-refractivity contribution >= 4 is 11.5 Å². The van der Waals surface area contributed by atoms with Gasteiger partial charge >= 0.3 is 0 Å². The highest BCUT2D eigenvalue weighted by molar-refractivity contribution is 5.58. The molecule has 4 nitrogen and oxygen atoms in total. The van der Waals surface area contributed by atoms with Crippen molar-refractivity contribution in [2.75, 3.05) is 5.32 Å². The van der Waals surface area contributed by atoms with E-state index in [0.29, 0.717) is 17.3 Å². The molecule has 1 heterocycles. The lowest BCUT2D eigenvalue weighted by Gasteiger charge is -2.06. The Morgan fingerprint density at radius 3 is 2.88 bits per heavy atom. The second-order valence-electron chi connectivity index (χ2n) is 3.42. The van der Waals surface area contributed by atoms with Crippen LogP contribution in [0.15, 0.2) is 30.5 Å². The first-order chi connectivity index (χ1) is 8.19. The Morgan fingerprint density at radius 2 is 2.18 bits per heavy atom. The summed E-state index contributed by atoms with van der Waals surface area (Å²) in [6.07, 6.45) is 1.62. The molecule has 1 aromatic heterocycles. The monoisotopic (exact) mass is 228 g/mol. The number of hydrogen-bond acceptors (Lipinski definition) is 4. The third kappa shape index (κ3) is 2.55. The number of nitrogens with zero attached hydrogens (tertiary/aromatic N) is 3. The Hall–Kier alpha value is -2.48. The highest BCUT2D eigenvalue weighted by atomic mass is 19.1. The van der Waals surface area contributed by atoms with Crippen molar-refractivity contribution in [2.45, 2.75) is 6.92 Å². The van der Waals surface area contributed by atoms with Gasteiger partial charge in [0.1, 0.15) is 23.5 Å². The summed E-state index contributed by atoms with van der Waals surface area (Å²) in [6.45, 7) is 1.77. The Labute approximate surface area is 97.8 Å². The van der Waals surface area contributed by atoms with E-state index in [1.165, 1.54) is 12.1 Å². The average Bonchev–Trinajstić information content (AvgIpc) is 2.32. The zero-order chi connectivity index (χ0) is 12.3. The standard InChI is InChI=1S/C12H9FN4/c1-8-15-5-4-12(16-8)17-10-2-3-11(13)9(6-10)7-14/h2-6H,1H3,(H,15,16,17). The summed E-state index contributed by atoms with van der Waals surface area (Å²) in [5.74, 6) is 0.711. The predicted molar refractivity (Wildman–Crippen MR) is 61.2 cm³/mol. The molecule has 1 N–H and O–H groups in total. The number of nitriles is 1. The van der Waals surface area contributed by atoms with Gasteiger partial charge in [0.15, 0.2) is 0 Å². The SMILES string of the molecule is Cc1nccc(Nc2ccc(F)c(C#N)c2)n1. The van der Waals surface area contributed by atoms with E-state index in [-0.39, 0.29) is 5.56 Å². The molecule has 0 aliphatic heterocycles. The van der Waals surface area contributed by atoms with E-state index in [1.54, 1.807) is 31.3 Å². The van der Waals surface area contributed by atoms with Gasteiger partial charge in [-0.25, -0.2) is 14.4 Å². The molecule has 0 atom stereocenters. The molecular formula is C12H9FN4. The maximum absolute atomic E-state index is 13.1.